The highest BCUT2D eigenvalue weighted by molar-refractivity contribution is 5.61. The molecule has 0 saturated heterocycles. The summed E-state index contributed by atoms with van der Waals surface area (Å²) in [6, 6.07) is 27.8. The minimum atomic E-state index is 0.892. The van der Waals surface area contributed by atoms with Crippen molar-refractivity contribution < 1.29 is 9.13 Å². The molecule has 2 heterocycles. The Labute approximate surface area is 154 Å². The van der Waals surface area contributed by atoms with E-state index in [0.717, 1.165) is 6.54 Å². The monoisotopic (exact) mass is 338 g/mol. The van der Waals surface area contributed by atoms with Crippen molar-refractivity contribution in [3.05, 3.63) is 115 Å². The lowest BCUT2D eigenvalue weighted by Crippen LogP contribution is -2.33. The molecule has 0 bridgehead atoms. The Morgan fingerprint density at radius 2 is 1.19 bits per heavy atom. The number of hydrogen-bond donors (Lipinski definition) is 0. The van der Waals surface area contributed by atoms with Crippen LogP contribution in [-0.4, -0.2) is 0 Å². The number of hydrogen-bond acceptors (Lipinski definition) is 0. The first-order chi connectivity index (χ1) is 12.8. The zero-order chi connectivity index (χ0) is 17.8. The fourth-order valence-electron chi connectivity index (χ4n) is 3.06. The molecule has 0 spiro atoms. The predicted octanol–water partition coefficient (Wildman–Crippen LogP) is 4.27. The maximum absolute atomic E-state index is 2.20. The number of nitrogens with zero attached hydrogens (tertiary/aromatic N) is 2. The molecule has 26 heavy (non-hydrogen) atoms. The SMILES string of the molecule is Cc1ccc(-[n+]2ccc(-c3cc[n+](Cc4ccccc4)cc3)cc2)cc1. The summed E-state index contributed by atoms with van der Waals surface area (Å²) in [6.07, 6.45) is 8.52. The van der Waals surface area contributed by atoms with Crippen LogP contribution in [0.3, 0.4) is 0 Å². The van der Waals surface area contributed by atoms with Gasteiger partial charge in [-0.1, -0.05) is 48.0 Å². The highest BCUT2D eigenvalue weighted by Crippen LogP contribution is 2.16. The second-order valence-electron chi connectivity index (χ2n) is 6.57. The molecule has 0 N–H and O–H groups in total. The van der Waals surface area contributed by atoms with E-state index in [1.807, 2.05) is 0 Å². The Kier molecular flexibility index (Phi) is 4.57. The van der Waals surface area contributed by atoms with Crippen LogP contribution in [0, 0.1) is 6.92 Å². The molecule has 0 fully saturated rings. The summed E-state index contributed by atoms with van der Waals surface area (Å²) in [5, 5.41) is 0. The molecule has 0 aliphatic heterocycles. The van der Waals surface area contributed by atoms with Gasteiger partial charge in [-0.05, 0) is 18.1 Å². The third-order valence-corrected chi connectivity index (χ3v) is 4.59. The van der Waals surface area contributed by atoms with E-state index >= 15 is 0 Å². The first-order valence-corrected chi connectivity index (χ1v) is 8.90. The quantitative estimate of drug-likeness (QED) is 0.491. The molecule has 0 atom stereocenters. The summed E-state index contributed by atoms with van der Waals surface area (Å²) in [5.41, 5.74) is 6.21. The normalized spacial score (nSPS) is 10.7. The van der Waals surface area contributed by atoms with E-state index in [4.69, 9.17) is 0 Å². The van der Waals surface area contributed by atoms with E-state index in [-0.39, 0.29) is 0 Å². The van der Waals surface area contributed by atoms with E-state index in [2.05, 4.69) is 120 Å². The molecule has 0 radical (unpaired) electrons. The summed E-state index contributed by atoms with van der Waals surface area (Å²) < 4.78 is 4.34. The topological polar surface area (TPSA) is 7.76 Å². The molecule has 126 valence electrons. The third kappa shape index (κ3) is 3.70. The van der Waals surface area contributed by atoms with Crippen LogP contribution >= 0.6 is 0 Å². The summed E-state index contributed by atoms with van der Waals surface area (Å²) in [6.45, 7) is 3.00. The van der Waals surface area contributed by atoms with Crippen molar-refractivity contribution in [3.8, 4) is 16.8 Å². The van der Waals surface area contributed by atoms with Gasteiger partial charge in [-0.15, -0.1) is 0 Å². The Bertz CT molecular complexity index is 971. The fourth-order valence-corrected chi connectivity index (χ4v) is 3.06. The van der Waals surface area contributed by atoms with Gasteiger partial charge < -0.3 is 0 Å². The molecule has 0 aliphatic rings. The molecule has 2 nitrogen and oxygen atoms in total. The number of rotatable bonds is 4. The minimum Gasteiger partial charge on any atom is -0.201 e. The van der Waals surface area contributed by atoms with Gasteiger partial charge in [0.1, 0.15) is 0 Å². The molecule has 0 unspecified atom stereocenters. The standard InChI is InChI=1S/C24H22N2/c1-20-7-9-24(10-8-20)26-17-13-23(14-18-26)22-11-15-25(16-12-22)19-21-5-3-2-4-6-21/h2-18H,19H2,1H3/q+2. The van der Waals surface area contributed by atoms with Gasteiger partial charge in [-0.25, -0.2) is 4.57 Å². The Balaban J connectivity index is 1.51. The predicted molar refractivity (Wildman–Crippen MR) is 104 cm³/mol. The lowest BCUT2D eigenvalue weighted by Gasteiger charge is -2.02. The maximum Gasteiger partial charge on any atom is 0.210 e. The largest absolute Gasteiger partial charge is 0.210 e. The average Bonchev–Trinajstić information content (AvgIpc) is 2.70. The van der Waals surface area contributed by atoms with Gasteiger partial charge in [0, 0.05) is 42.0 Å². The number of benzene rings is 2. The van der Waals surface area contributed by atoms with Crippen LogP contribution in [0.4, 0.5) is 0 Å². The molecular weight excluding hydrogens is 316 g/mol. The van der Waals surface area contributed by atoms with Gasteiger partial charge in [0.25, 0.3) is 0 Å². The molecule has 4 aromatic rings. The van der Waals surface area contributed by atoms with E-state index in [1.54, 1.807) is 0 Å². The second-order valence-corrected chi connectivity index (χ2v) is 6.57. The van der Waals surface area contributed by atoms with E-state index < -0.39 is 0 Å². The van der Waals surface area contributed by atoms with Crippen molar-refractivity contribution in [2.75, 3.05) is 0 Å². The Morgan fingerprint density at radius 1 is 0.615 bits per heavy atom. The Hall–Kier alpha value is -3.26. The molecule has 0 aliphatic carbocycles. The molecule has 0 amide bonds. The average molecular weight is 338 g/mol. The van der Waals surface area contributed by atoms with Crippen LogP contribution < -0.4 is 9.13 Å². The van der Waals surface area contributed by atoms with Gasteiger partial charge in [0.2, 0.25) is 5.69 Å². The lowest BCUT2D eigenvalue weighted by atomic mass is 10.1. The molecule has 2 heteroatoms. The molecule has 2 aromatic carbocycles. The van der Waals surface area contributed by atoms with E-state index in [1.165, 1.54) is 27.9 Å². The smallest absolute Gasteiger partial charge is 0.201 e. The maximum atomic E-state index is 2.20. The van der Waals surface area contributed by atoms with Gasteiger partial charge in [0.15, 0.2) is 31.3 Å². The fraction of sp³-hybridized carbons (Fsp3) is 0.0833. The molecule has 0 saturated carbocycles. The first kappa shape index (κ1) is 16.2. The van der Waals surface area contributed by atoms with Gasteiger partial charge in [-0.3, -0.25) is 0 Å². The zero-order valence-electron chi connectivity index (χ0n) is 14.9. The minimum absolute atomic E-state index is 0.892. The highest BCUT2D eigenvalue weighted by Gasteiger charge is 2.08. The second kappa shape index (κ2) is 7.32. The van der Waals surface area contributed by atoms with Crippen LogP contribution in [0.5, 0.6) is 0 Å². The number of aryl methyl sites for hydroxylation is 1. The Morgan fingerprint density at radius 3 is 1.81 bits per heavy atom. The summed E-state index contributed by atoms with van der Waals surface area (Å²) >= 11 is 0. The zero-order valence-corrected chi connectivity index (χ0v) is 14.9. The van der Waals surface area contributed by atoms with Crippen LogP contribution in [-0.2, 0) is 6.54 Å². The molecule has 4 rings (SSSR count). The summed E-state index contributed by atoms with van der Waals surface area (Å²) in [4.78, 5) is 0. The molecule has 2 aromatic heterocycles. The first-order valence-electron chi connectivity index (χ1n) is 8.90. The van der Waals surface area contributed by atoms with Gasteiger partial charge >= 0.3 is 0 Å². The van der Waals surface area contributed by atoms with Crippen molar-refractivity contribution in [2.24, 2.45) is 0 Å². The lowest BCUT2D eigenvalue weighted by molar-refractivity contribution is -0.688. The van der Waals surface area contributed by atoms with Crippen molar-refractivity contribution in [1.29, 1.82) is 0 Å². The highest BCUT2D eigenvalue weighted by atomic mass is 14.9. The van der Waals surface area contributed by atoms with Crippen LogP contribution in [0.25, 0.3) is 16.8 Å². The van der Waals surface area contributed by atoms with Gasteiger partial charge in [0.05, 0.1) is 0 Å². The van der Waals surface area contributed by atoms with E-state index in [0.29, 0.717) is 0 Å². The van der Waals surface area contributed by atoms with Crippen molar-refractivity contribution in [2.45, 2.75) is 13.5 Å². The number of aromatic nitrogens is 2. The number of pyridine rings is 2. The van der Waals surface area contributed by atoms with Crippen LogP contribution in [0.1, 0.15) is 11.1 Å². The summed E-state index contributed by atoms with van der Waals surface area (Å²) in [5.74, 6) is 0. The molecular formula is C24H22N2+2. The van der Waals surface area contributed by atoms with Crippen molar-refractivity contribution in [1.82, 2.24) is 0 Å². The summed E-state index contributed by atoms with van der Waals surface area (Å²) in [7, 11) is 0. The van der Waals surface area contributed by atoms with Crippen molar-refractivity contribution >= 4 is 0 Å². The van der Waals surface area contributed by atoms with Gasteiger partial charge in [-0.2, -0.15) is 4.57 Å². The van der Waals surface area contributed by atoms with Crippen LogP contribution in [0.15, 0.2) is 104 Å². The van der Waals surface area contributed by atoms with Crippen molar-refractivity contribution in [3.63, 3.8) is 0 Å². The van der Waals surface area contributed by atoms with E-state index in [9.17, 15) is 0 Å². The van der Waals surface area contributed by atoms with Crippen LogP contribution in [0.2, 0.25) is 0 Å². The third-order valence-electron chi connectivity index (χ3n) is 4.59.